The molecule has 0 amide bonds. The Labute approximate surface area is 69.3 Å². The molecule has 0 aromatic rings. The molecule has 0 aromatic carbocycles. The van der Waals surface area contributed by atoms with Crippen molar-refractivity contribution in [1.29, 1.82) is 0 Å². The molecule has 51 valence electrons. The summed E-state index contributed by atoms with van der Waals surface area (Å²) in [6, 6.07) is 0. The maximum Gasteiger partial charge on any atom is -1.00 e. The van der Waals surface area contributed by atoms with Gasteiger partial charge in [-0.05, 0) is 0 Å². The van der Waals surface area contributed by atoms with E-state index in [0.717, 1.165) is 4.14 Å². The van der Waals surface area contributed by atoms with Crippen molar-refractivity contribution < 1.29 is 22.6 Å². The summed E-state index contributed by atoms with van der Waals surface area (Å²) >= 11 is -0.224. The van der Waals surface area contributed by atoms with Crippen molar-refractivity contribution in [2.45, 2.75) is 24.4 Å². The first kappa shape index (κ1) is 7.33. The van der Waals surface area contributed by atoms with Crippen LogP contribution in [0.4, 0.5) is 0 Å². The predicted octanol–water partition coefficient (Wildman–Crippen LogP) is 2.97. The van der Waals surface area contributed by atoms with Gasteiger partial charge in [-0.2, -0.15) is 0 Å². The molecule has 0 heterocycles. The van der Waals surface area contributed by atoms with Crippen molar-refractivity contribution in [3.8, 4) is 0 Å². The van der Waals surface area contributed by atoms with Gasteiger partial charge in [0, 0.05) is 0 Å². The second kappa shape index (κ2) is 3.40. The van der Waals surface area contributed by atoms with Crippen molar-refractivity contribution >= 4 is 0 Å². The van der Waals surface area contributed by atoms with Gasteiger partial charge in [0.2, 0.25) is 0 Å². The standard InChI is InChI=1S/C5H5.C3H7.Ta.2H/c1-2-4-5-3-1;1-3-2;;;/h1-3H,4H2;3H,1-2H3;;;/q;;+2;2*-1. The molecule has 0 aromatic heterocycles. The summed E-state index contributed by atoms with van der Waals surface area (Å²) in [5.74, 6) is 0. The smallest absolute Gasteiger partial charge is 1.00 e. The van der Waals surface area contributed by atoms with Crippen LogP contribution in [0.15, 0.2) is 22.0 Å². The fourth-order valence-corrected chi connectivity index (χ4v) is 4.62. The molecule has 1 rings (SSSR count). The minimum absolute atomic E-state index is 0. The fraction of sp³-hybridized carbons (Fsp3) is 0.500. The van der Waals surface area contributed by atoms with Crippen LogP contribution in [0, 0.1) is 0 Å². The second-order valence-corrected chi connectivity index (χ2v) is 9.21. The summed E-state index contributed by atoms with van der Waals surface area (Å²) in [7, 11) is 0. The van der Waals surface area contributed by atoms with Crippen molar-refractivity contribution in [1.82, 2.24) is 0 Å². The van der Waals surface area contributed by atoms with Crippen LogP contribution in [-0.4, -0.2) is 0 Å². The van der Waals surface area contributed by atoms with Gasteiger partial charge in [-0.1, -0.05) is 0 Å². The van der Waals surface area contributed by atoms with Crippen LogP contribution in [0.25, 0.3) is 0 Å². The monoisotopic (exact) mass is 291 g/mol. The molecule has 1 heteroatoms. The predicted molar refractivity (Wildman–Crippen MR) is 39.2 cm³/mol. The molecule has 0 atom stereocenters. The minimum Gasteiger partial charge on any atom is -1.00 e. The zero-order valence-corrected chi connectivity index (χ0v) is 9.18. The summed E-state index contributed by atoms with van der Waals surface area (Å²) < 4.78 is 2.76. The van der Waals surface area contributed by atoms with Crippen LogP contribution in [-0.2, 0) is 19.8 Å². The van der Waals surface area contributed by atoms with Crippen molar-refractivity contribution in [3.63, 3.8) is 0 Å². The van der Waals surface area contributed by atoms with E-state index in [2.05, 4.69) is 32.1 Å². The molecule has 1 aliphatic carbocycles. The largest absolute Gasteiger partial charge is 1.00 e. The van der Waals surface area contributed by atoms with Gasteiger partial charge in [0.15, 0.2) is 0 Å². The van der Waals surface area contributed by atoms with Gasteiger partial charge >= 0.3 is 66.2 Å². The first-order valence-electron chi connectivity index (χ1n) is 3.35. The molecular weight excluding hydrogens is 277 g/mol. The van der Waals surface area contributed by atoms with Crippen LogP contribution >= 0.6 is 0 Å². The molecule has 0 bridgehead atoms. The van der Waals surface area contributed by atoms with E-state index in [1.54, 1.807) is 3.79 Å². The SMILES string of the molecule is C[CH](C)[Ta+2][C]1=CC=CC1.[H-].[H-]. The van der Waals surface area contributed by atoms with Gasteiger partial charge in [-0.25, -0.2) is 0 Å². The zero-order valence-electron chi connectivity index (χ0n) is 7.96. The molecule has 9 heavy (non-hydrogen) atoms. The Morgan fingerprint density at radius 3 is 2.89 bits per heavy atom. The Bertz CT molecular complexity index is 150. The van der Waals surface area contributed by atoms with Gasteiger partial charge in [0.05, 0.1) is 0 Å². The third-order valence-corrected chi connectivity index (χ3v) is 5.41. The molecule has 0 aliphatic heterocycles. The third kappa shape index (κ3) is 2.53. The number of hydrogen-bond donors (Lipinski definition) is 0. The Morgan fingerprint density at radius 1 is 1.67 bits per heavy atom. The average molecular weight is 291 g/mol. The third-order valence-electron chi connectivity index (χ3n) is 1.18. The Hall–Kier alpha value is 0.220. The van der Waals surface area contributed by atoms with E-state index in [4.69, 9.17) is 0 Å². The van der Waals surface area contributed by atoms with Crippen molar-refractivity contribution in [2.24, 2.45) is 0 Å². The molecule has 0 nitrogen and oxygen atoms in total. The van der Waals surface area contributed by atoms with Crippen LogP contribution in [0.2, 0.25) is 4.14 Å². The van der Waals surface area contributed by atoms with Crippen LogP contribution < -0.4 is 0 Å². The van der Waals surface area contributed by atoms with E-state index < -0.39 is 0 Å². The maximum atomic E-state index is 2.34. The average Bonchev–Trinajstić information content (AvgIpc) is 2.15. The first-order valence-corrected chi connectivity index (χ1v) is 6.82. The number of allylic oxidation sites excluding steroid dienone is 4. The van der Waals surface area contributed by atoms with E-state index >= 15 is 0 Å². The second-order valence-electron chi connectivity index (χ2n) is 2.51. The molecule has 0 saturated heterocycles. The summed E-state index contributed by atoms with van der Waals surface area (Å²) in [6.07, 6.45) is 8.05. The van der Waals surface area contributed by atoms with Crippen LogP contribution in [0.3, 0.4) is 0 Å². The molecule has 0 N–H and O–H groups in total. The van der Waals surface area contributed by atoms with Gasteiger partial charge in [-0.15, -0.1) is 0 Å². The van der Waals surface area contributed by atoms with Gasteiger partial charge in [-0.3, -0.25) is 0 Å². The molecular formula is C8H14Ta. The van der Waals surface area contributed by atoms with E-state index in [0.29, 0.717) is 0 Å². The molecule has 1 aliphatic rings. The Morgan fingerprint density at radius 2 is 2.44 bits per heavy atom. The van der Waals surface area contributed by atoms with Gasteiger partial charge < -0.3 is 2.85 Å². The Kier molecular flexibility index (Phi) is 2.77. The molecule has 0 radical (unpaired) electrons. The van der Waals surface area contributed by atoms with E-state index in [1.807, 2.05) is 0 Å². The Balaban J connectivity index is 0. The number of rotatable bonds is 2. The zero-order chi connectivity index (χ0) is 6.69. The van der Waals surface area contributed by atoms with E-state index in [1.165, 1.54) is 6.42 Å². The summed E-state index contributed by atoms with van der Waals surface area (Å²) in [5.41, 5.74) is 0. The quantitative estimate of drug-likeness (QED) is 0.734. The fourth-order valence-electron chi connectivity index (χ4n) is 0.863. The first-order chi connectivity index (χ1) is 4.29. The summed E-state index contributed by atoms with van der Waals surface area (Å²) in [6.45, 7) is 4.69. The van der Waals surface area contributed by atoms with Crippen LogP contribution in [0.1, 0.15) is 23.1 Å². The van der Waals surface area contributed by atoms with E-state index in [-0.39, 0.29) is 22.6 Å². The van der Waals surface area contributed by atoms with Crippen LogP contribution in [0.5, 0.6) is 0 Å². The van der Waals surface area contributed by atoms with E-state index in [9.17, 15) is 0 Å². The maximum absolute atomic E-state index is 2.34. The molecule has 0 spiro atoms. The minimum atomic E-state index is -0.224. The molecule has 0 fully saturated rings. The summed E-state index contributed by atoms with van der Waals surface area (Å²) in [4.78, 5) is 0. The molecule has 0 unspecified atom stereocenters. The normalized spacial score (nSPS) is 16.1. The van der Waals surface area contributed by atoms with Crippen molar-refractivity contribution in [2.75, 3.05) is 0 Å². The van der Waals surface area contributed by atoms with Crippen molar-refractivity contribution in [3.05, 3.63) is 22.0 Å². The molecule has 0 saturated carbocycles. The van der Waals surface area contributed by atoms with Gasteiger partial charge in [0.1, 0.15) is 0 Å². The topological polar surface area (TPSA) is 0 Å². The summed E-state index contributed by atoms with van der Waals surface area (Å²) in [5, 5.41) is 0. The number of hydrogen-bond acceptors (Lipinski definition) is 0. The van der Waals surface area contributed by atoms with Gasteiger partial charge in [0.25, 0.3) is 0 Å².